The van der Waals surface area contributed by atoms with Crippen LogP contribution in [-0.2, 0) is 14.0 Å². The third-order valence-corrected chi connectivity index (χ3v) is 6.03. The van der Waals surface area contributed by atoms with E-state index in [-0.39, 0.29) is 5.97 Å². The van der Waals surface area contributed by atoms with Gasteiger partial charge in [0.2, 0.25) is 0 Å². The van der Waals surface area contributed by atoms with Gasteiger partial charge in [0.15, 0.2) is 0 Å². The summed E-state index contributed by atoms with van der Waals surface area (Å²) < 4.78 is 18.2. The van der Waals surface area contributed by atoms with Gasteiger partial charge in [0.05, 0.1) is 16.8 Å². The Balaban J connectivity index is 2.59. The van der Waals surface area contributed by atoms with Crippen molar-refractivity contribution in [3.63, 3.8) is 0 Å². The van der Waals surface area contributed by atoms with Crippen molar-refractivity contribution < 1.29 is 18.8 Å². The Morgan fingerprint density at radius 1 is 1.07 bits per heavy atom. The van der Waals surface area contributed by atoms with E-state index in [2.05, 4.69) is 31.1 Å². The number of hydrogen-bond acceptors (Lipinski definition) is 4. The molecule has 1 saturated heterocycles. The van der Waals surface area contributed by atoms with Crippen molar-refractivity contribution in [3.05, 3.63) is 28.8 Å². The second-order valence-electron chi connectivity index (χ2n) is 10.8. The summed E-state index contributed by atoms with van der Waals surface area (Å²) in [5.41, 5.74) is 4.79. The first-order valence-electron chi connectivity index (χ1n) is 10.2. The highest BCUT2D eigenvalue weighted by molar-refractivity contribution is 6.83. The van der Waals surface area contributed by atoms with Crippen molar-refractivity contribution in [2.75, 3.05) is 0 Å². The summed E-state index contributed by atoms with van der Waals surface area (Å²) in [6.07, 6.45) is 0. The molecule has 1 aromatic rings. The van der Waals surface area contributed by atoms with Gasteiger partial charge in [0, 0.05) is 5.56 Å². The predicted molar refractivity (Wildman–Crippen MR) is 122 cm³/mol. The van der Waals surface area contributed by atoms with Crippen molar-refractivity contribution >= 4 is 26.6 Å². The van der Waals surface area contributed by atoms with E-state index in [0.717, 1.165) is 16.6 Å². The Morgan fingerprint density at radius 3 is 2.03 bits per heavy atom. The van der Waals surface area contributed by atoms with Gasteiger partial charge in [-0.25, -0.2) is 4.79 Å². The van der Waals surface area contributed by atoms with Crippen molar-refractivity contribution in [1.82, 2.24) is 0 Å². The van der Waals surface area contributed by atoms with Crippen LogP contribution in [0.4, 0.5) is 0 Å². The molecule has 29 heavy (non-hydrogen) atoms. The number of carbonyl (C=O) groups is 1. The Kier molecular flexibility index (Phi) is 6.23. The molecule has 1 heterocycles. The summed E-state index contributed by atoms with van der Waals surface area (Å²) in [7, 11) is -2.13. The van der Waals surface area contributed by atoms with Gasteiger partial charge in [0.25, 0.3) is 0 Å². The largest absolute Gasteiger partial charge is 0.495 e. The highest BCUT2D eigenvalue weighted by Crippen LogP contribution is 2.37. The van der Waals surface area contributed by atoms with Gasteiger partial charge < -0.3 is 14.0 Å². The maximum Gasteiger partial charge on any atom is 0.495 e. The fourth-order valence-electron chi connectivity index (χ4n) is 2.83. The van der Waals surface area contributed by atoms with Gasteiger partial charge in [0.1, 0.15) is 13.7 Å². The van der Waals surface area contributed by atoms with E-state index in [1.54, 1.807) is 0 Å². The quantitative estimate of drug-likeness (QED) is 0.407. The third-order valence-electron chi connectivity index (χ3n) is 5.16. The first kappa shape index (κ1) is 23.7. The fraction of sp³-hybridized carbons (Fsp3) is 0.609. The van der Waals surface area contributed by atoms with Gasteiger partial charge in [-0.2, -0.15) is 0 Å². The third kappa shape index (κ3) is 5.75. The van der Waals surface area contributed by atoms with E-state index in [1.165, 1.54) is 0 Å². The number of carbonyl (C=O) groups excluding carboxylic acids is 1. The second-order valence-corrected chi connectivity index (χ2v) is 15.6. The number of hydrogen-bond donors (Lipinski definition) is 0. The molecular weight excluding hydrogens is 379 g/mol. The van der Waals surface area contributed by atoms with Gasteiger partial charge in [-0.1, -0.05) is 25.6 Å². The zero-order chi connectivity index (χ0) is 22.4. The molecule has 0 bridgehead atoms. The lowest BCUT2D eigenvalue weighted by Crippen LogP contribution is -2.41. The molecule has 0 aromatic heterocycles. The molecule has 0 saturated carbocycles. The van der Waals surface area contributed by atoms with E-state index in [0.29, 0.717) is 5.56 Å². The smallest absolute Gasteiger partial charge is 0.456 e. The summed E-state index contributed by atoms with van der Waals surface area (Å²) >= 11 is 0. The molecule has 0 N–H and O–H groups in total. The van der Waals surface area contributed by atoms with Gasteiger partial charge in [-0.15, -0.1) is 5.54 Å². The first-order valence-corrected chi connectivity index (χ1v) is 13.7. The summed E-state index contributed by atoms with van der Waals surface area (Å²) in [5, 5.41) is 0. The van der Waals surface area contributed by atoms with Crippen LogP contribution in [0.5, 0.6) is 0 Å². The SMILES string of the molecule is Cc1c(B2OC(C)(C)C(C)(C)O2)cc(C#C[Si](C)(C)C)cc1C(=O)OC(C)(C)C. The Labute approximate surface area is 177 Å². The van der Waals surface area contributed by atoms with Gasteiger partial charge in [-0.3, -0.25) is 0 Å². The van der Waals surface area contributed by atoms with E-state index < -0.39 is 32.0 Å². The molecule has 0 spiro atoms. The average Bonchev–Trinajstić information content (AvgIpc) is 2.71. The first-order chi connectivity index (χ1) is 12.9. The molecule has 1 fully saturated rings. The topological polar surface area (TPSA) is 44.8 Å². The van der Waals surface area contributed by atoms with Gasteiger partial charge in [-0.05, 0) is 78.5 Å². The van der Waals surface area contributed by atoms with E-state index in [1.807, 2.05) is 67.5 Å². The highest BCUT2D eigenvalue weighted by Gasteiger charge is 2.52. The van der Waals surface area contributed by atoms with Crippen LogP contribution in [0.25, 0.3) is 0 Å². The molecule has 158 valence electrons. The highest BCUT2D eigenvalue weighted by atomic mass is 28.3. The molecular formula is C23H35BO4Si. The molecule has 4 nitrogen and oxygen atoms in total. The van der Waals surface area contributed by atoms with Crippen LogP contribution >= 0.6 is 0 Å². The van der Waals surface area contributed by atoms with E-state index in [4.69, 9.17) is 14.0 Å². The Morgan fingerprint density at radius 2 is 1.59 bits per heavy atom. The Bertz CT molecular complexity index is 848. The summed E-state index contributed by atoms with van der Waals surface area (Å²) in [6.45, 7) is 22.2. The summed E-state index contributed by atoms with van der Waals surface area (Å²) in [5.74, 6) is 2.91. The minimum atomic E-state index is -1.57. The second kappa shape index (κ2) is 7.61. The molecule has 0 radical (unpaired) electrons. The molecule has 1 aliphatic heterocycles. The molecule has 0 atom stereocenters. The van der Waals surface area contributed by atoms with E-state index in [9.17, 15) is 4.79 Å². The van der Waals surface area contributed by atoms with Crippen LogP contribution in [0.3, 0.4) is 0 Å². The minimum absolute atomic E-state index is 0.357. The van der Waals surface area contributed by atoms with Crippen molar-refractivity contribution in [3.8, 4) is 11.5 Å². The predicted octanol–water partition coefficient (Wildman–Crippen LogP) is 4.48. The lowest BCUT2D eigenvalue weighted by Gasteiger charge is -2.32. The van der Waals surface area contributed by atoms with Crippen molar-refractivity contribution in [2.45, 2.75) is 91.8 Å². The number of rotatable bonds is 2. The molecule has 2 rings (SSSR count). The normalized spacial score (nSPS) is 18.2. The molecule has 1 aromatic carbocycles. The van der Waals surface area contributed by atoms with Crippen LogP contribution < -0.4 is 5.46 Å². The average molecular weight is 414 g/mol. The van der Waals surface area contributed by atoms with Crippen molar-refractivity contribution in [2.24, 2.45) is 0 Å². The van der Waals surface area contributed by atoms with E-state index >= 15 is 0 Å². The molecule has 0 aliphatic carbocycles. The van der Waals surface area contributed by atoms with Gasteiger partial charge >= 0.3 is 13.1 Å². The van der Waals surface area contributed by atoms with Crippen LogP contribution in [0.1, 0.15) is 70.0 Å². The van der Waals surface area contributed by atoms with Crippen LogP contribution in [0.2, 0.25) is 19.6 Å². The maximum atomic E-state index is 12.9. The minimum Gasteiger partial charge on any atom is -0.456 e. The van der Waals surface area contributed by atoms with Crippen LogP contribution in [0, 0.1) is 18.4 Å². The maximum absolute atomic E-state index is 12.9. The molecule has 0 amide bonds. The van der Waals surface area contributed by atoms with Crippen LogP contribution in [-0.4, -0.2) is 38.0 Å². The zero-order valence-electron chi connectivity index (χ0n) is 19.9. The lowest BCUT2D eigenvalue weighted by molar-refractivity contribution is 0.00578. The molecule has 0 unspecified atom stereocenters. The zero-order valence-corrected chi connectivity index (χ0v) is 20.9. The monoisotopic (exact) mass is 414 g/mol. The summed E-state index contributed by atoms with van der Waals surface area (Å²) in [6, 6.07) is 3.81. The Hall–Kier alpha value is -1.55. The fourth-order valence-corrected chi connectivity index (χ4v) is 3.35. The van der Waals surface area contributed by atoms with Crippen LogP contribution in [0.15, 0.2) is 12.1 Å². The number of esters is 1. The number of benzene rings is 1. The standard InChI is InChI=1S/C23H35BO4Si/c1-16-18(20(25)26-21(2,3)4)14-17(12-13-29(9,10)11)15-19(16)24-27-22(5,6)23(7,8)28-24/h14-15H,1-11H3. The van der Waals surface area contributed by atoms with Crippen molar-refractivity contribution in [1.29, 1.82) is 0 Å². The molecule has 1 aliphatic rings. The lowest BCUT2D eigenvalue weighted by atomic mass is 9.74. The summed E-state index contributed by atoms with van der Waals surface area (Å²) in [4.78, 5) is 12.9. The number of ether oxygens (including phenoxy) is 1. The molecule has 6 heteroatoms.